The molecule has 1 aromatic heterocycles. The van der Waals surface area contributed by atoms with Crippen LogP contribution in [0.15, 0.2) is 6.20 Å². The summed E-state index contributed by atoms with van der Waals surface area (Å²) in [7, 11) is 2.02. The molecule has 14 heavy (non-hydrogen) atoms. The van der Waals surface area contributed by atoms with Gasteiger partial charge in [0.05, 0.1) is 5.88 Å². The van der Waals surface area contributed by atoms with Crippen molar-refractivity contribution in [3.8, 4) is 0 Å². The number of aromatic nitrogens is 2. The monoisotopic (exact) mass is 213 g/mol. The summed E-state index contributed by atoms with van der Waals surface area (Å²) in [6, 6.07) is 0.409. The Balaban J connectivity index is 3.10. The number of nitrogens with zero attached hydrogens (tertiary/aromatic N) is 3. The lowest BCUT2D eigenvalue weighted by Gasteiger charge is -2.24. The molecular weight excluding hydrogens is 198 g/mol. The van der Waals surface area contributed by atoms with Crippen LogP contribution in [-0.4, -0.2) is 23.1 Å². The normalized spacial score (nSPS) is 10.7. The number of anilines is 1. The van der Waals surface area contributed by atoms with Gasteiger partial charge in [-0.3, -0.25) is 0 Å². The molecule has 0 bridgehead atoms. The topological polar surface area (TPSA) is 29.0 Å². The number of alkyl halides is 1. The van der Waals surface area contributed by atoms with Crippen molar-refractivity contribution in [2.24, 2.45) is 0 Å². The van der Waals surface area contributed by atoms with Crippen molar-refractivity contribution in [3.05, 3.63) is 17.6 Å². The van der Waals surface area contributed by atoms with Crippen LogP contribution in [0.2, 0.25) is 0 Å². The summed E-state index contributed by atoms with van der Waals surface area (Å²) in [5.41, 5.74) is 0.980. The van der Waals surface area contributed by atoms with Crippen LogP contribution in [0.5, 0.6) is 0 Å². The molecule has 0 spiro atoms. The van der Waals surface area contributed by atoms with E-state index in [2.05, 4.69) is 28.7 Å². The first kappa shape index (κ1) is 11.2. The van der Waals surface area contributed by atoms with E-state index in [9.17, 15) is 0 Å². The third-order valence-corrected chi connectivity index (χ3v) is 2.50. The number of aryl methyl sites for hydroxylation is 1. The highest BCUT2D eigenvalue weighted by Crippen LogP contribution is 2.19. The van der Waals surface area contributed by atoms with Crippen molar-refractivity contribution in [3.63, 3.8) is 0 Å². The largest absolute Gasteiger partial charge is 0.357 e. The molecule has 0 saturated carbocycles. The summed E-state index contributed by atoms with van der Waals surface area (Å²) in [6.45, 7) is 6.13. The van der Waals surface area contributed by atoms with Crippen LogP contribution < -0.4 is 4.90 Å². The minimum absolute atomic E-state index is 0.409. The highest BCUT2D eigenvalue weighted by Gasteiger charge is 2.11. The smallest absolute Gasteiger partial charge is 0.136 e. The molecule has 0 aliphatic rings. The minimum atomic E-state index is 0.409. The van der Waals surface area contributed by atoms with Gasteiger partial charge in [0, 0.05) is 24.8 Å². The first-order valence-electron chi connectivity index (χ1n) is 4.67. The molecule has 0 aromatic carbocycles. The van der Waals surface area contributed by atoms with Crippen molar-refractivity contribution in [2.45, 2.75) is 32.7 Å². The Morgan fingerprint density at radius 3 is 2.64 bits per heavy atom. The Hall–Kier alpha value is -0.830. The van der Waals surface area contributed by atoms with E-state index in [-0.39, 0.29) is 0 Å². The summed E-state index contributed by atoms with van der Waals surface area (Å²) in [5, 5.41) is 0. The van der Waals surface area contributed by atoms with E-state index in [0.717, 1.165) is 17.2 Å². The molecule has 0 unspecified atom stereocenters. The highest BCUT2D eigenvalue weighted by atomic mass is 35.5. The fourth-order valence-corrected chi connectivity index (χ4v) is 1.32. The Labute approximate surface area is 90.1 Å². The summed E-state index contributed by atoms with van der Waals surface area (Å²) >= 11 is 5.83. The molecule has 78 valence electrons. The average Bonchev–Trinajstić information content (AvgIpc) is 2.16. The van der Waals surface area contributed by atoms with Gasteiger partial charge in [-0.2, -0.15) is 0 Å². The maximum atomic E-state index is 5.83. The molecule has 1 heterocycles. The molecule has 0 atom stereocenters. The van der Waals surface area contributed by atoms with Gasteiger partial charge in [-0.25, -0.2) is 9.97 Å². The van der Waals surface area contributed by atoms with Gasteiger partial charge >= 0.3 is 0 Å². The molecule has 1 rings (SSSR count). The maximum absolute atomic E-state index is 5.83. The zero-order valence-electron chi connectivity index (χ0n) is 9.08. The van der Waals surface area contributed by atoms with Gasteiger partial charge in [0.1, 0.15) is 11.6 Å². The fourth-order valence-electron chi connectivity index (χ4n) is 1.13. The highest BCUT2D eigenvalue weighted by molar-refractivity contribution is 6.17. The second kappa shape index (κ2) is 4.60. The lowest BCUT2D eigenvalue weighted by molar-refractivity contribution is 0.734. The molecule has 0 radical (unpaired) electrons. The van der Waals surface area contributed by atoms with Crippen molar-refractivity contribution in [1.29, 1.82) is 0 Å². The quantitative estimate of drug-likeness (QED) is 0.722. The second-order valence-corrected chi connectivity index (χ2v) is 3.87. The van der Waals surface area contributed by atoms with Crippen molar-refractivity contribution in [2.75, 3.05) is 11.9 Å². The standard InChI is InChI=1S/C10H16ClN3/c1-7(2)14(4)10-9(5-11)6-12-8(3)13-10/h6-7H,5H2,1-4H3. The molecule has 0 amide bonds. The third-order valence-electron chi connectivity index (χ3n) is 2.21. The first-order chi connectivity index (χ1) is 6.56. The number of hydrogen-bond acceptors (Lipinski definition) is 3. The van der Waals surface area contributed by atoms with Crippen LogP contribution in [0.4, 0.5) is 5.82 Å². The van der Waals surface area contributed by atoms with Crippen LogP contribution in [0, 0.1) is 6.92 Å². The number of halogens is 1. The summed E-state index contributed by atoms with van der Waals surface area (Å²) in [5.74, 6) is 2.16. The predicted octanol–water partition coefficient (Wildman–Crippen LogP) is 2.37. The van der Waals surface area contributed by atoms with Gasteiger partial charge < -0.3 is 4.90 Å². The SMILES string of the molecule is Cc1ncc(CCl)c(N(C)C(C)C)n1. The van der Waals surface area contributed by atoms with E-state index in [4.69, 9.17) is 11.6 Å². The zero-order valence-corrected chi connectivity index (χ0v) is 9.84. The Morgan fingerprint density at radius 1 is 1.50 bits per heavy atom. The summed E-state index contributed by atoms with van der Waals surface area (Å²) < 4.78 is 0. The van der Waals surface area contributed by atoms with E-state index in [1.54, 1.807) is 6.20 Å². The first-order valence-corrected chi connectivity index (χ1v) is 5.21. The van der Waals surface area contributed by atoms with E-state index in [1.165, 1.54) is 0 Å². The van der Waals surface area contributed by atoms with Gasteiger partial charge in [0.2, 0.25) is 0 Å². The Kier molecular flexibility index (Phi) is 3.69. The van der Waals surface area contributed by atoms with Crippen molar-refractivity contribution < 1.29 is 0 Å². The van der Waals surface area contributed by atoms with Gasteiger partial charge in [-0.1, -0.05) is 0 Å². The molecule has 0 fully saturated rings. The second-order valence-electron chi connectivity index (χ2n) is 3.60. The fraction of sp³-hybridized carbons (Fsp3) is 0.600. The van der Waals surface area contributed by atoms with Crippen LogP contribution in [0.3, 0.4) is 0 Å². The predicted molar refractivity (Wildman–Crippen MR) is 59.9 cm³/mol. The molecule has 1 aromatic rings. The Morgan fingerprint density at radius 2 is 2.14 bits per heavy atom. The van der Waals surface area contributed by atoms with Gasteiger partial charge in [-0.05, 0) is 20.8 Å². The van der Waals surface area contributed by atoms with E-state index in [0.29, 0.717) is 11.9 Å². The van der Waals surface area contributed by atoms with E-state index in [1.807, 2.05) is 14.0 Å². The summed E-state index contributed by atoms with van der Waals surface area (Å²) in [6.07, 6.45) is 1.80. The summed E-state index contributed by atoms with van der Waals surface area (Å²) in [4.78, 5) is 10.6. The third kappa shape index (κ3) is 2.35. The van der Waals surface area contributed by atoms with Gasteiger partial charge in [0.25, 0.3) is 0 Å². The molecule has 0 N–H and O–H groups in total. The van der Waals surface area contributed by atoms with Crippen molar-refractivity contribution >= 4 is 17.4 Å². The minimum Gasteiger partial charge on any atom is -0.357 e. The van der Waals surface area contributed by atoms with Gasteiger partial charge in [0.15, 0.2) is 0 Å². The Bertz CT molecular complexity index is 312. The van der Waals surface area contributed by atoms with Crippen molar-refractivity contribution in [1.82, 2.24) is 9.97 Å². The molecule has 0 aliphatic carbocycles. The van der Waals surface area contributed by atoms with E-state index >= 15 is 0 Å². The zero-order chi connectivity index (χ0) is 10.7. The van der Waals surface area contributed by atoms with Crippen LogP contribution in [-0.2, 0) is 5.88 Å². The van der Waals surface area contributed by atoms with Gasteiger partial charge in [-0.15, -0.1) is 11.6 Å². The molecule has 3 nitrogen and oxygen atoms in total. The van der Waals surface area contributed by atoms with Crippen LogP contribution >= 0.6 is 11.6 Å². The lowest BCUT2D eigenvalue weighted by atomic mass is 10.2. The molecular formula is C10H16ClN3. The van der Waals surface area contributed by atoms with E-state index < -0.39 is 0 Å². The number of rotatable bonds is 3. The van der Waals surface area contributed by atoms with Crippen LogP contribution in [0.25, 0.3) is 0 Å². The molecule has 0 aliphatic heterocycles. The molecule has 0 saturated heterocycles. The average molecular weight is 214 g/mol. The lowest BCUT2D eigenvalue weighted by Crippen LogP contribution is -2.28. The maximum Gasteiger partial charge on any atom is 0.136 e. The van der Waals surface area contributed by atoms with Crippen LogP contribution in [0.1, 0.15) is 25.2 Å². The molecule has 4 heteroatoms. The number of hydrogen-bond donors (Lipinski definition) is 0.